The average molecular weight is 280 g/mol. The molecule has 1 heterocycles. The second-order valence-corrected chi connectivity index (χ2v) is 5.32. The summed E-state index contributed by atoms with van der Waals surface area (Å²) in [6, 6.07) is 18.6. The molecule has 0 bridgehead atoms. The number of rotatable bonds is 3. The van der Waals surface area contributed by atoms with Crippen LogP contribution in [-0.4, -0.2) is 26.5 Å². The highest BCUT2D eigenvalue weighted by Gasteiger charge is 2.15. The largest absolute Gasteiger partial charge is 0.378 e. The van der Waals surface area contributed by atoms with Gasteiger partial charge in [-0.2, -0.15) is 5.10 Å². The third kappa shape index (κ3) is 3.16. The fraction of sp³-hybridized carbons (Fsp3) is 0.235. The third-order valence-electron chi connectivity index (χ3n) is 3.53. The molecule has 4 heteroatoms. The number of para-hydroxylation sites is 1. The molecular formula is C17H20N4. The van der Waals surface area contributed by atoms with Crippen molar-refractivity contribution in [1.29, 1.82) is 0 Å². The van der Waals surface area contributed by atoms with Crippen molar-refractivity contribution in [3.63, 3.8) is 0 Å². The van der Waals surface area contributed by atoms with E-state index < -0.39 is 0 Å². The highest BCUT2D eigenvalue weighted by atomic mass is 15.5. The van der Waals surface area contributed by atoms with Crippen LogP contribution in [0.4, 0.5) is 17.1 Å². The van der Waals surface area contributed by atoms with Crippen molar-refractivity contribution in [1.82, 2.24) is 0 Å². The maximum atomic E-state index is 4.64. The molecule has 0 saturated heterocycles. The number of nitrogens with zero attached hydrogens (tertiary/aromatic N) is 3. The molecule has 0 atom stereocenters. The van der Waals surface area contributed by atoms with Gasteiger partial charge in [-0.3, -0.25) is 5.01 Å². The molecule has 1 N–H and O–H groups in total. The fourth-order valence-electron chi connectivity index (χ4n) is 2.34. The van der Waals surface area contributed by atoms with Crippen LogP contribution in [0, 0.1) is 0 Å². The summed E-state index contributed by atoms with van der Waals surface area (Å²) in [6.07, 6.45) is 0.935. The van der Waals surface area contributed by atoms with Gasteiger partial charge in [0.15, 0.2) is 0 Å². The second-order valence-electron chi connectivity index (χ2n) is 5.32. The van der Waals surface area contributed by atoms with Crippen molar-refractivity contribution < 1.29 is 0 Å². The topological polar surface area (TPSA) is 30.9 Å². The molecule has 2 aromatic rings. The van der Waals surface area contributed by atoms with Crippen LogP contribution in [0.5, 0.6) is 0 Å². The third-order valence-corrected chi connectivity index (χ3v) is 3.53. The normalized spacial score (nSPS) is 14.0. The zero-order valence-electron chi connectivity index (χ0n) is 12.5. The number of hydrogen-bond donors (Lipinski definition) is 1. The lowest BCUT2D eigenvalue weighted by Crippen LogP contribution is -2.11. The van der Waals surface area contributed by atoms with Crippen molar-refractivity contribution in [2.75, 3.05) is 35.9 Å². The predicted molar refractivity (Wildman–Crippen MR) is 90.2 cm³/mol. The van der Waals surface area contributed by atoms with Crippen LogP contribution < -0.4 is 15.2 Å². The van der Waals surface area contributed by atoms with Gasteiger partial charge >= 0.3 is 0 Å². The Bertz CT molecular complexity index is 617. The zero-order valence-corrected chi connectivity index (χ0v) is 12.5. The van der Waals surface area contributed by atoms with Crippen molar-refractivity contribution in [3.8, 4) is 0 Å². The van der Waals surface area contributed by atoms with E-state index in [0.29, 0.717) is 0 Å². The minimum absolute atomic E-state index is 0.919. The molecule has 3 rings (SSSR count). The molecule has 1 aliphatic heterocycles. The Balaban J connectivity index is 1.68. The molecule has 108 valence electrons. The highest BCUT2D eigenvalue weighted by molar-refractivity contribution is 5.97. The van der Waals surface area contributed by atoms with Gasteiger partial charge in [0.25, 0.3) is 0 Å². The van der Waals surface area contributed by atoms with E-state index in [1.165, 1.54) is 5.69 Å². The van der Waals surface area contributed by atoms with E-state index in [4.69, 9.17) is 0 Å². The van der Waals surface area contributed by atoms with Crippen molar-refractivity contribution in [3.05, 3.63) is 54.6 Å². The fourth-order valence-corrected chi connectivity index (χ4v) is 2.34. The number of hydrazone groups is 1. The number of anilines is 3. The molecule has 0 radical (unpaired) electrons. The lowest BCUT2D eigenvalue weighted by Gasteiger charge is -2.13. The Labute approximate surface area is 125 Å². The second kappa shape index (κ2) is 5.87. The lowest BCUT2D eigenvalue weighted by molar-refractivity contribution is 0.922. The van der Waals surface area contributed by atoms with Crippen molar-refractivity contribution >= 4 is 22.9 Å². The molecule has 0 unspecified atom stereocenters. The summed E-state index contributed by atoms with van der Waals surface area (Å²) < 4.78 is 0. The number of nitrogens with one attached hydrogen (secondary N) is 1. The Morgan fingerprint density at radius 3 is 2.38 bits per heavy atom. The van der Waals surface area contributed by atoms with Crippen molar-refractivity contribution in [2.45, 2.75) is 6.42 Å². The summed E-state index contributed by atoms with van der Waals surface area (Å²) in [7, 11) is 4.09. The standard InChI is InChI=1S/C17H20N4/c1-20(2)15-10-8-14(9-11-15)18-17-12-13-21(19-17)16-6-4-3-5-7-16/h3-11H,12-13H2,1-2H3,(H,18,19). The van der Waals surface area contributed by atoms with Crippen LogP contribution in [0.1, 0.15) is 6.42 Å². The number of amidine groups is 1. The SMILES string of the molecule is CN(C)c1ccc(NC2=NN(c3ccccc3)CC2)cc1. The highest BCUT2D eigenvalue weighted by Crippen LogP contribution is 2.20. The van der Waals surface area contributed by atoms with Crippen LogP contribution in [0.3, 0.4) is 0 Å². The van der Waals surface area contributed by atoms with E-state index >= 15 is 0 Å². The Kier molecular flexibility index (Phi) is 3.77. The summed E-state index contributed by atoms with van der Waals surface area (Å²) in [6.45, 7) is 0.919. The van der Waals surface area contributed by atoms with Crippen LogP contribution in [-0.2, 0) is 0 Å². The first-order valence-electron chi connectivity index (χ1n) is 7.17. The van der Waals surface area contributed by atoms with Gasteiger partial charge in [0.1, 0.15) is 5.84 Å². The predicted octanol–water partition coefficient (Wildman–Crippen LogP) is 3.39. The van der Waals surface area contributed by atoms with Gasteiger partial charge in [0, 0.05) is 38.4 Å². The van der Waals surface area contributed by atoms with Crippen LogP contribution in [0.15, 0.2) is 59.7 Å². The van der Waals surface area contributed by atoms with E-state index in [2.05, 4.69) is 51.7 Å². The van der Waals surface area contributed by atoms with Gasteiger partial charge in [-0.1, -0.05) is 18.2 Å². The molecule has 0 spiro atoms. The van der Waals surface area contributed by atoms with Crippen LogP contribution in [0.2, 0.25) is 0 Å². The smallest absolute Gasteiger partial charge is 0.129 e. The monoisotopic (exact) mass is 280 g/mol. The Morgan fingerprint density at radius 2 is 1.71 bits per heavy atom. The van der Waals surface area contributed by atoms with Gasteiger partial charge in [-0.15, -0.1) is 0 Å². The van der Waals surface area contributed by atoms with Gasteiger partial charge in [0.05, 0.1) is 5.69 Å². The number of hydrogen-bond acceptors (Lipinski definition) is 4. The minimum atomic E-state index is 0.919. The van der Waals surface area contributed by atoms with E-state index in [-0.39, 0.29) is 0 Å². The maximum Gasteiger partial charge on any atom is 0.129 e. The van der Waals surface area contributed by atoms with Gasteiger partial charge < -0.3 is 10.2 Å². The quantitative estimate of drug-likeness (QED) is 0.935. The average Bonchev–Trinajstić information content (AvgIpc) is 2.97. The van der Waals surface area contributed by atoms with Gasteiger partial charge in [-0.25, -0.2) is 0 Å². The first-order chi connectivity index (χ1) is 10.2. The maximum absolute atomic E-state index is 4.64. The summed E-state index contributed by atoms with van der Waals surface area (Å²) in [5.74, 6) is 1.01. The first-order valence-corrected chi connectivity index (χ1v) is 7.17. The molecule has 0 aliphatic carbocycles. The molecule has 0 amide bonds. The summed E-state index contributed by atoms with van der Waals surface area (Å²) in [5.41, 5.74) is 3.41. The minimum Gasteiger partial charge on any atom is -0.378 e. The van der Waals surface area contributed by atoms with Gasteiger partial charge in [-0.05, 0) is 36.4 Å². The molecule has 1 aliphatic rings. The lowest BCUT2D eigenvalue weighted by atomic mass is 10.2. The first kappa shape index (κ1) is 13.5. The molecule has 4 nitrogen and oxygen atoms in total. The summed E-state index contributed by atoms with van der Waals surface area (Å²) in [5, 5.41) is 10.1. The Morgan fingerprint density at radius 1 is 1.00 bits per heavy atom. The van der Waals surface area contributed by atoms with E-state index in [1.54, 1.807) is 0 Å². The summed E-state index contributed by atoms with van der Waals surface area (Å²) >= 11 is 0. The van der Waals surface area contributed by atoms with Crippen LogP contribution >= 0.6 is 0 Å². The van der Waals surface area contributed by atoms with E-state index in [1.807, 2.05) is 37.3 Å². The van der Waals surface area contributed by atoms with Crippen molar-refractivity contribution in [2.24, 2.45) is 5.10 Å². The summed E-state index contributed by atoms with van der Waals surface area (Å²) in [4.78, 5) is 2.09. The van der Waals surface area contributed by atoms with Gasteiger partial charge in [0.2, 0.25) is 0 Å². The molecule has 0 fully saturated rings. The van der Waals surface area contributed by atoms with Crippen LogP contribution in [0.25, 0.3) is 0 Å². The molecule has 2 aromatic carbocycles. The molecule has 0 aromatic heterocycles. The molecular weight excluding hydrogens is 260 g/mol. The molecule has 21 heavy (non-hydrogen) atoms. The zero-order chi connectivity index (χ0) is 14.7. The van der Waals surface area contributed by atoms with E-state index in [0.717, 1.165) is 30.2 Å². The Hall–Kier alpha value is -2.49. The van der Waals surface area contributed by atoms with E-state index in [9.17, 15) is 0 Å². The molecule has 0 saturated carbocycles. The number of benzene rings is 2.